The summed E-state index contributed by atoms with van der Waals surface area (Å²) in [5, 5.41) is 5.94. The maximum absolute atomic E-state index is 13.1. The van der Waals surface area contributed by atoms with Crippen LogP contribution in [0.15, 0.2) is 67.0 Å². The van der Waals surface area contributed by atoms with Gasteiger partial charge in [0, 0.05) is 47.5 Å². The SMILES string of the molecule is CCN1CN(c2cc(NC(=O)c3cccc(C(F)(F)F)c3)ccc2C)Cc2cnc(Nc3ccc(C)nc3)nc21. The number of carbonyl (C=O) groups excluding carboxylic acids is 1. The fraction of sp³-hybridized carbons (Fsp3) is 0.241. The van der Waals surface area contributed by atoms with E-state index >= 15 is 0 Å². The molecule has 8 nitrogen and oxygen atoms in total. The number of fused-ring (bicyclic) bond motifs is 1. The molecule has 11 heteroatoms. The predicted octanol–water partition coefficient (Wildman–Crippen LogP) is 6.31. The van der Waals surface area contributed by atoms with E-state index in [1.807, 2.05) is 45.0 Å². The Morgan fingerprint density at radius 3 is 2.52 bits per heavy atom. The second-order valence-electron chi connectivity index (χ2n) is 9.59. The molecule has 0 saturated carbocycles. The Labute approximate surface area is 229 Å². The number of benzene rings is 2. The summed E-state index contributed by atoms with van der Waals surface area (Å²) in [7, 11) is 0. The summed E-state index contributed by atoms with van der Waals surface area (Å²) < 4.78 is 39.3. The topological polar surface area (TPSA) is 86.3 Å². The zero-order chi connectivity index (χ0) is 28.4. The lowest BCUT2D eigenvalue weighted by Crippen LogP contribution is -2.43. The molecule has 1 amide bonds. The average Bonchev–Trinajstić information content (AvgIpc) is 2.94. The third-order valence-corrected chi connectivity index (χ3v) is 6.65. The molecule has 2 N–H and O–H groups in total. The summed E-state index contributed by atoms with van der Waals surface area (Å²) in [5.41, 5.74) is 4.09. The van der Waals surface area contributed by atoms with Crippen LogP contribution in [0.2, 0.25) is 0 Å². The number of rotatable bonds is 6. The molecule has 0 spiro atoms. The number of nitrogens with zero attached hydrogens (tertiary/aromatic N) is 5. The predicted molar refractivity (Wildman–Crippen MR) is 149 cm³/mol. The fourth-order valence-corrected chi connectivity index (χ4v) is 4.52. The quantitative estimate of drug-likeness (QED) is 0.293. The monoisotopic (exact) mass is 547 g/mol. The van der Waals surface area contributed by atoms with Gasteiger partial charge in [-0.3, -0.25) is 9.78 Å². The van der Waals surface area contributed by atoms with Crippen molar-refractivity contribution in [1.29, 1.82) is 0 Å². The molecule has 5 rings (SSSR count). The van der Waals surface area contributed by atoms with Crippen LogP contribution in [0.25, 0.3) is 0 Å². The Kier molecular flexibility index (Phi) is 7.29. The van der Waals surface area contributed by atoms with Gasteiger partial charge in [0.15, 0.2) is 0 Å². The molecule has 0 radical (unpaired) electrons. The fourth-order valence-electron chi connectivity index (χ4n) is 4.52. The van der Waals surface area contributed by atoms with E-state index in [1.54, 1.807) is 18.5 Å². The number of hydrogen-bond donors (Lipinski definition) is 2. The first kappa shape index (κ1) is 26.9. The summed E-state index contributed by atoms with van der Waals surface area (Å²) in [4.78, 5) is 30.6. The number of halogens is 3. The van der Waals surface area contributed by atoms with Crippen LogP contribution in [-0.2, 0) is 12.7 Å². The third kappa shape index (κ3) is 5.83. The number of hydrogen-bond acceptors (Lipinski definition) is 7. The van der Waals surface area contributed by atoms with E-state index in [1.165, 1.54) is 12.1 Å². The van der Waals surface area contributed by atoms with E-state index in [4.69, 9.17) is 4.98 Å². The molecule has 2 aromatic carbocycles. The highest BCUT2D eigenvalue weighted by Gasteiger charge is 2.31. The summed E-state index contributed by atoms with van der Waals surface area (Å²) in [6, 6.07) is 13.7. The maximum atomic E-state index is 13.1. The number of aromatic nitrogens is 3. The number of carbonyl (C=O) groups is 1. The van der Waals surface area contributed by atoms with Crippen molar-refractivity contribution in [2.24, 2.45) is 0 Å². The maximum Gasteiger partial charge on any atom is 0.416 e. The Balaban J connectivity index is 1.36. The van der Waals surface area contributed by atoms with Gasteiger partial charge in [-0.1, -0.05) is 12.1 Å². The first-order valence-corrected chi connectivity index (χ1v) is 12.8. The number of aryl methyl sites for hydroxylation is 2. The van der Waals surface area contributed by atoms with E-state index in [-0.39, 0.29) is 5.56 Å². The highest BCUT2D eigenvalue weighted by atomic mass is 19.4. The average molecular weight is 548 g/mol. The Morgan fingerprint density at radius 2 is 1.80 bits per heavy atom. The molecule has 0 aliphatic carbocycles. The van der Waals surface area contributed by atoms with E-state index in [0.717, 1.165) is 46.1 Å². The molecule has 1 aliphatic heterocycles. The second kappa shape index (κ2) is 10.8. The van der Waals surface area contributed by atoms with Gasteiger partial charge in [-0.15, -0.1) is 0 Å². The van der Waals surface area contributed by atoms with Gasteiger partial charge in [-0.25, -0.2) is 4.98 Å². The number of amides is 1. The standard InChI is InChI=1S/C29H28F3N7O/c1-4-38-17-39(16-21-14-34-28(37-26(21)38)36-24-11-9-19(3)33-15-24)25-13-23(10-8-18(25)2)35-27(40)20-6-5-7-22(12-20)29(30,31)32/h5-15H,4,16-17H2,1-3H3,(H,35,40)(H,34,36,37). The molecule has 1 aliphatic rings. The minimum atomic E-state index is -4.53. The molecule has 2 aromatic heterocycles. The lowest BCUT2D eigenvalue weighted by molar-refractivity contribution is -0.137. The smallest absolute Gasteiger partial charge is 0.349 e. The molecule has 0 bridgehead atoms. The molecule has 4 aromatic rings. The van der Waals surface area contributed by atoms with Crippen molar-refractivity contribution in [2.45, 2.75) is 33.5 Å². The van der Waals surface area contributed by atoms with Gasteiger partial charge in [0.1, 0.15) is 5.82 Å². The largest absolute Gasteiger partial charge is 0.416 e. The molecule has 206 valence electrons. The van der Waals surface area contributed by atoms with E-state index < -0.39 is 17.6 Å². The zero-order valence-corrected chi connectivity index (χ0v) is 22.3. The molecular weight excluding hydrogens is 519 g/mol. The van der Waals surface area contributed by atoms with Crippen LogP contribution < -0.4 is 20.4 Å². The first-order chi connectivity index (χ1) is 19.1. The van der Waals surface area contributed by atoms with Crippen molar-refractivity contribution in [3.8, 4) is 0 Å². The normalized spacial score (nSPS) is 13.2. The van der Waals surface area contributed by atoms with Crippen LogP contribution in [0.3, 0.4) is 0 Å². The van der Waals surface area contributed by atoms with Crippen LogP contribution >= 0.6 is 0 Å². The van der Waals surface area contributed by atoms with Crippen molar-refractivity contribution in [3.05, 3.63) is 94.9 Å². The lowest BCUT2D eigenvalue weighted by atomic mass is 10.1. The lowest BCUT2D eigenvalue weighted by Gasteiger charge is -2.39. The molecule has 3 heterocycles. The van der Waals surface area contributed by atoms with Crippen molar-refractivity contribution in [1.82, 2.24) is 15.0 Å². The van der Waals surface area contributed by atoms with Gasteiger partial charge >= 0.3 is 6.18 Å². The van der Waals surface area contributed by atoms with Gasteiger partial charge in [-0.2, -0.15) is 18.2 Å². The van der Waals surface area contributed by atoms with Gasteiger partial charge in [0.25, 0.3) is 5.91 Å². The zero-order valence-electron chi connectivity index (χ0n) is 22.3. The van der Waals surface area contributed by atoms with Crippen LogP contribution in [0, 0.1) is 13.8 Å². The van der Waals surface area contributed by atoms with Crippen LogP contribution in [-0.4, -0.2) is 34.1 Å². The highest BCUT2D eigenvalue weighted by molar-refractivity contribution is 6.04. The Bertz CT molecular complexity index is 1540. The molecule has 0 saturated heterocycles. The van der Waals surface area contributed by atoms with Crippen molar-refractivity contribution < 1.29 is 18.0 Å². The van der Waals surface area contributed by atoms with Crippen molar-refractivity contribution >= 4 is 34.7 Å². The van der Waals surface area contributed by atoms with Crippen LogP contribution in [0.1, 0.15) is 39.7 Å². The van der Waals surface area contributed by atoms with Gasteiger partial charge in [0.05, 0.1) is 24.1 Å². The number of alkyl halides is 3. The number of nitrogens with one attached hydrogen (secondary N) is 2. The first-order valence-electron chi connectivity index (χ1n) is 12.8. The van der Waals surface area contributed by atoms with Crippen molar-refractivity contribution in [2.75, 3.05) is 33.6 Å². The number of anilines is 5. The van der Waals surface area contributed by atoms with Crippen LogP contribution in [0.4, 0.5) is 42.0 Å². The summed E-state index contributed by atoms with van der Waals surface area (Å²) in [6.07, 6.45) is -0.990. The van der Waals surface area contributed by atoms with Crippen molar-refractivity contribution in [3.63, 3.8) is 0 Å². The molecule has 0 fully saturated rings. The Morgan fingerprint density at radius 1 is 1.00 bits per heavy atom. The second-order valence-corrected chi connectivity index (χ2v) is 9.59. The summed E-state index contributed by atoms with van der Waals surface area (Å²) >= 11 is 0. The molecule has 0 atom stereocenters. The highest BCUT2D eigenvalue weighted by Crippen LogP contribution is 2.33. The molecule has 40 heavy (non-hydrogen) atoms. The van der Waals surface area contributed by atoms with Gasteiger partial charge < -0.3 is 20.4 Å². The Hall–Kier alpha value is -4.67. The summed E-state index contributed by atoms with van der Waals surface area (Å²) in [6.45, 7) is 7.74. The minimum Gasteiger partial charge on any atom is -0.349 e. The molecular formula is C29H28F3N7O. The van der Waals surface area contributed by atoms with E-state index in [2.05, 4.69) is 30.4 Å². The van der Waals surface area contributed by atoms with E-state index in [0.29, 0.717) is 31.4 Å². The third-order valence-electron chi connectivity index (χ3n) is 6.65. The van der Waals surface area contributed by atoms with Gasteiger partial charge in [0.2, 0.25) is 5.95 Å². The summed E-state index contributed by atoms with van der Waals surface area (Å²) in [5.74, 6) is 0.701. The van der Waals surface area contributed by atoms with Gasteiger partial charge in [-0.05, 0) is 68.8 Å². The number of pyridine rings is 1. The van der Waals surface area contributed by atoms with E-state index in [9.17, 15) is 18.0 Å². The van der Waals surface area contributed by atoms with Crippen LogP contribution in [0.5, 0.6) is 0 Å². The molecule has 0 unspecified atom stereocenters. The minimum absolute atomic E-state index is 0.0658.